The summed E-state index contributed by atoms with van der Waals surface area (Å²) in [5.74, 6) is -1.02. The Bertz CT molecular complexity index is 317. The molecule has 1 unspecified atom stereocenters. The van der Waals surface area contributed by atoms with Crippen LogP contribution in [0.5, 0.6) is 0 Å². The molecular formula is C12H20O6. The lowest BCUT2D eigenvalue weighted by Crippen LogP contribution is -2.24. The molecule has 0 aliphatic carbocycles. The smallest absolute Gasteiger partial charge is 0.368 e. The molecule has 0 saturated carbocycles. The average Bonchev–Trinajstić information content (AvgIpc) is 2.35. The molecule has 0 aliphatic heterocycles. The second-order valence-corrected chi connectivity index (χ2v) is 4.09. The summed E-state index contributed by atoms with van der Waals surface area (Å²) in [6.45, 7) is 4.67. The van der Waals surface area contributed by atoms with Crippen molar-refractivity contribution in [1.29, 1.82) is 0 Å². The summed E-state index contributed by atoms with van der Waals surface area (Å²) in [5, 5.41) is 17.5. The zero-order valence-electron chi connectivity index (χ0n) is 10.9. The van der Waals surface area contributed by atoms with Crippen LogP contribution < -0.4 is 0 Å². The summed E-state index contributed by atoms with van der Waals surface area (Å²) in [6, 6.07) is 0. The fraction of sp³-hybridized carbons (Fsp3) is 0.667. The van der Waals surface area contributed by atoms with Crippen molar-refractivity contribution >= 4 is 11.8 Å². The van der Waals surface area contributed by atoms with Crippen molar-refractivity contribution in [3.05, 3.63) is 11.1 Å². The molecule has 0 spiro atoms. The van der Waals surface area contributed by atoms with Crippen LogP contribution >= 0.6 is 0 Å². The predicted molar refractivity (Wildman–Crippen MR) is 63.4 cm³/mol. The van der Waals surface area contributed by atoms with Crippen molar-refractivity contribution in [3.63, 3.8) is 0 Å². The average molecular weight is 260 g/mol. The van der Waals surface area contributed by atoms with E-state index in [9.17, 15) is 9.59 Å². The van der Waals surface area contributed by atoms with Gasteiger partial charge < -0.3 is 10.2 Å². The van der Waals surface area contributed by atoms with Gasteiger partial charge in [0.15, 0.2) is 5.78 Å². The first-order valence-electron chi connectivity index (χ1n) is 5.69. The van der Waals surface area contributed by atoms with Gasteiger partial charge in [-0.3, -0.25) is 9.68 Å². The van der Waals surface area contributed by atoms with E-state index in [1.807, 2.05) is 0 Å². The lowest BCUT2D eigenvalue weighted by molar-refractivity contribution is -0.268. The van der Waals surface area contributed by atoms with Gasteiger partial charge in [-0.25, -0.2) is 4.79 Å². The number of aliphatic hydroxyl groups is 2. The van der Waals surface area contributed by atoms with E-state index in [4.69, 9.17) is 10.2 Å². The topological polar surface area (TPSA) is 93.1 Å². The zero-order valence-corrected chi connectivity index (χ0v) is 10.9. The van der Waals surface area contributed by atoms with Crippen LogP contribution in [0.25, 0.3) is 0 Å². The Labute approximate surface area is 106 Å². The van der Waals surface area contributed by atoms with Crippen molar-refractivity contribution in [2.75, 3.05) is 13.2 Å². The van der Waals surface area contributed by atoms with Gasteiger partial charge in [0.25, 0.3) is 0 Å². The third-order valence-electron chi connectivity index (χ3n) is 2.39. The molecule has 0 rings (SSSR count). The standard InChI is InChI=1S/C12H20O6/c1-8(2)9(3)12(16)18-17-6-4-5-10(14)11(15)7-13/h11,13,15H,4-7H2,1-3H3. The molecule has 104 valence electrons. The maximum Gasteiger partial charge on any atom is 0.368 e. The molecule has 6 heteroatoms. The third-order valence-corrected chi connectivity index (χ3v) is 2.39. The number of rotatable bonds is 8. The highest BCUT2D eigenvalue weighted by atomic mass is 17.2. The quantitative estimate of drug-likeness (QED) is 0.286. The number of carbonyl (C=O) groups excluding carboxylic acids is 2. The van der Waals surface area contributed by atoms with E-state index in [0.29, 0.717) is 12.0 Å². The van der Waals surface area contributed by atoms with Crippen molar-refractivity contribution in [3.8, 4) is 0 Å². The van der Waals surface area contributed by atoms with E-state index in [-0.39, 0.29) is 13.0 Å². The summed E-state index contributed by atoms with van der Waals surface area (Å²) in [6.07, 6.45) is -0.988. The molecule has 1 atom stereocenters. The van der Waals surface area contributed by atoms with Gasteiger partial charge in [-0.2, -0.15) is 4.89 Å². The number of ketones is 1. The van der Waals surface area contributed by atoms with E-state index in [0.717, 1.165) is 5.57 Å². The Kier molecular flexibility index (Phi) is 8.19. The Hall–Kier alpha value is -1.24. The first kappa shape index (κ1) is 16.8. The maximum atomic E-state index is 11.3. The van der Waals surface area contributed by atoms with Gasteiger partial charge in [-0.1, -0.05) is 5.57 Å². The van der Waals surface area contributed by atoms with Crippen LogP contribution in [-0.4, -0.2) is 41.3 Å². The predicted octanol–water partition coefficient (Wildman–Crippen LogP) is 0.520. The molecule has 0 aliphatic rings. The van der Waals surface area contributed by atoms with E-state index in [2.05, 4.69) is 9.78 Å². The molecule has 0 fully saturated rings. The number of carbonyl (C=O) groups is 2. The van der Waals surface area contributed by atoms with Gasteiger partial charge in [0.1, 0.15) is 6.10 Å². The summed E-state index contributed by atoms with van der Waals surface area (Å²) in [5.41, 5.74) is 1.31. The van der Waals surface area contributed by atoms with E-state index in [1.165, 1.54) is 0 Å². The molecule has 0 saturated heterocycles. The van der Waals surface area contributed by atoms with Crippen LogP contribution in [0, 0.1) is 0 Å². The summed E-state index contributed by atoms with van der Waals surface area (Å²) >= 11 is 0. The van der Waals surface area contributed by atoms with Crippen LogP contribution in [0.2, 0.25) is 0 Å². The third kappa shape index (κ3) is 6.48. The largest absolute Gasteiger partial charge is 0.393 e. The lowest BCUT2D eigenvalue weighted by Gasteiger charge is -2.06. The van der Waals surface area contributed by atoms with Crippen LogP contribution in [0.4, 0.5) is 0 Å². The second-order valence-electron chi connectivity index (χ2n) is 4.09. The number of hydrogen-bond acceptors (Lipinski definition) is 6. The van der Waals surface area contributed by atoms with E-state index >= 15 is 0 Å². The van der Waals surface area contributed by atoms with Gasteiger partial charge in [0.2, 0.25) is 0 Å². The Morgan fingerprint density at radius 1 is 1.22 bits per heavy atom. The molecule has 2 N–H and O–H groups in total. The van der Waals surface area contributed by atoms with Crippen LogP contribution in [0.1, 0.15) is 33.6 Å². The molecule has 0 aromatic heterocycles. The summed E-state index contributed by atoms with van der Waals surface area (Å²) < 4.78 is 0. The van der Waals surface area contributed by atoms with Gasteiger partial charge in [0.05, 0.1) is 13.2 Å². The molecule has 0 radical (unpaired) electrons. The first-order valence-corrected chi connectivity index (χ1v) is 5.69. The highest BCUT2D eigenvalue weighted by molar-refractivity contribution is 5.88. The zero-order chi connectivity index (χ0) is 14.1. The molecule has 0 heterocycles. The molecule has 0 bridgehead atoms. The fourth-order valence-corrected chi connectivity index (χ4v) is 0.936. The number of aliphatic hydroxyl groups excluding tert-OH is 2. The van der Waals surface area contributed by atoms with Gasteiger partial charge in [-0.05, 0) is 27.2 Å². The van der Waals surface area contributed by atoms with Gasteiger partial charge >= 0.3 is 5.97 Å². The first-order chi connectivity index (χ1) is 8.40. The summed E-state index contributed by atoms with van der Waals surface area (Å²) in [7, 11) is 0. The molecule has 6 nitrogen and oxygen atoms in total. The number of allylic oxidation sites excluding steroid dienone is 1. The molecule has 0 aromatic carbocycles. The minimum atomic E-state index is -1.35. The minimum absolute atomic E-state index is 0.0565. The van der Waals surface area contributed by atoms with Crippen LogP contribution in [0.15, 0.2) is 11.1 Å². The number of Topliss-reactive ketones (excluding diaryl/α,β-unsaturated/α-hetero) is 1. The molecule has 0 amide bonds. The normalized spacial score (nSPS) is 11.8. The Morgan fingerprint density at radius 2 is 1.83 bits per heavy atom. The molecule has 0 aromatic rings. The number of hydrogen-bond donors (Lipinski definition) is 2. The van der Waals surface area contributed by atoms with Crippen molar-refractivity contribution in [1.82, 2.24) is 0 Å². The molecular weight excluding hydrogens is 240 g/mol. The summed E-state index contributed by atoms with van der Waals surface area (Å²) in [4.78, 5) is 31.5. The SMILES string of the molecule is CC(C)=C(C)C(=O)OOCCCC(=O)C(O)CO. The molecule has 18 heavy (non-hydrogen) atoms. The van der Waals surface area contributed by atoms with Crippen molar-refractivity contribution in [2.24, 2.45) is 0 Å². The minimum Gasteiger partial charge on any atom is -0.393 e. The van der Waals surface area contributed by atoms with Gasteiger partial charge in [-0.15, -0.1) is 0 Å². The fourth-order valence-electron chi connectivity index (χ4n) is 0.936. The van der Waals surface area contributed by atoms with E-state index in [1.54, 1.807) is 20.8 Å². The lowest BCUT2D eigenvalue weighted by atomic mass is 10.1. The Balaban J connectivity index is 3.73. The highest BCUT2D eigenvalue weighted by Gasteiger charge is 2.13. The Morgan fingerprint density at radius 3 is 2.33 bits per heavy atom. The highest BCUT2D eigenvalue weighted by Crippen LogP contribution is 2.05. The second kappa shape index (κ2) is 8.79. The van der Waals surface area contributed by atoms with Crippen molar-refractivity contribution in [2.45, 2.75) is 39.7 Å². The van der Waals surface area contributed by atoms with Gasteiger partial charge in [0, 0.05) is 12.0 Å². The monoisotopic (exact) mass is 260 g/mol. The van der Waals surface area contributed by atoms with Crippen LogP contribution in [0.3, 0.4) is 0 Å². The van der Waals surface area contributed by atoms with Crippen molar-refractivity contribution < 1.29 is 29.6 Å². The van der Waals surface area contributed by atoms with E-state index < -0.39 is 24.5 Å². The maximum absolute atomic E-state index is 11.3. The van der Waals surface area contributed by atoms with Crippen LogP contribution in [-0.2, 0) is 19.4 Å².